The van der Waals surface area contributed by atoms with Crippen LogP contribution in [0.2, 0.25) is 5.02 Å². The number of hydrogen-bond donors (Lipinski definition) is 1. The molecule has 0 radical (unpaired) electrons. The number of pyridine rings is 1. The molecule has 8 heteroatoms. The lowest BCUT2D eigenvalue weighted by Crippen LogP contribution is -2.09. The topological polar surface area (TPSA) is 68.3 Å². The number of nitrogens with one attached hydrogen (secondary N) is 1. The van der Waals surface area contributed by atoms with E-state index >= 15 is 0 Å². The van der Waals surface area contributed by atoms with Gasteiger partial charge in [-0.3, -0.25) is 4.98 Å². The number of ether oxygens (including phenoxy) is 1. The Morgan fingerprint density at radius 3 is 2.42 bits per heavy atom. The van der Waals surface area contributed by atoms with Gasteiger partial charge >= 0.3 is 0 Å². The maximum atomic E-state index is 14.0. The second-order valence-corrected chi connectivity index (χ2v) is 9.17. The minimum absolute atomic E-state index is 0.0403. The number of sulfone groups is 1. The Morgan fingerprint density at radius 1 is 1.03 bits per heavy atom. The van der Waals surface area contributed by atoms with Crippen LogP contribution >= 0.6 is 11.6 Å². The van der Waals surface area contributed by atoms with Gasteiger partial charge in [-0.2, -0.15) is 0 Å². The highest BCUT2D eigenvalue weighted by Gasteiger charge is 2.24. The van der Waals surface area contributed by atoms with E-state index in [1.165, 1.54) is 48.7 Å². The van der Waals surface area contributed by atoms with E-state index < -0.39 is 15.7 Å². The van der Waals surface area contributed by atoms with Gasteiger partial charge in [-0.25, -0.2) is 12.8 Å². The molecule has 0 unspecified atom stereocenters. The number of methoxy groups -OCH3 is 1. The summed E-state index contributed by atoms with van der Waals surface area (Å²) in [6.07, 6.45) is 1.29. The van der Waals surface area contributed by atoms with Crippen molar-refractivity contribution in [2.24, 2.45) is 0 Å². The first-order valence-corrected chi connectivity index (χ1v) is 11.2. The summed E-state index contributed by atoms with van der Waals surface area (Å²) >= 11 is 5.90. The van der Waals surface area contributed by atoms with E-state index in [1.54, 1.807) is 7.11 Å². The van der Waals surface area contributed by atoms with Crippen molar-refractivity contribution in [1.82, 2.24) is 4.98 Å². The molecule has 0 spiro atoms. The molecular formula is C23H18ClFN2O3S. The Morgan fingerprint density at radius 2 is 1.74 bits per heavy atom. The average Bonchev–Trinajstić information content (AvgIpc) is 2.78. The molecule has 0 aliphatic heterocycles. The first kappa shape index (κ1) is 21.1. The van der Waals surface area contributed by atoms with Crippen LogP contribution in [0.3, 0.4) is 0 Å². The SMILES string of the molecule is COc1ccc(CNc2c(S(=O)(=O)c3ccc(Cl)cc3)cnc3ccc(F)cc23)cc1. The van der Waals surface area contributed by atoms with E-state index in [-0.39, 0.29) is 15.5 Å². The first-order valence-electron chi connectivity index (χ1n) is 9.34. The van der Waals surface area contributed by atoms with Crippen molar-refractivity contribution in [2.45, 2.75) is 16.3 Å². The minimum atomic E-state index is -3.93. The highest BCUT2D eigenvalue weighted by molar-refractivity contribution is 7.91. The van der Waals surface area contributed by atoms with Crippen molar-refractivity contribution in [1.29, 1.82) is 0 Å². The second kappa shape index (κ2) is 8.53. The summed E-state index contributed by atoms with van der Waals surface area (Å²) < 4.78 is 45.9. The zero-order valence-corrected chi connectivity index (χ0v) is 18.0. The fourth-order valence-corrected chi connectivity index (χ4v) is 4.72. The van der Waals surface area contributed by atoms with Gasteiger partial charge in [0.2, 0.25) is 9.84 Å². The van der Waals surface area contributed by atoms with Crippen LogP contribution in [-0.4, -0.2) is 20.5 Å². The average molecular weight is 457 g/mol. The third-order valence-corrected chi connectivity index (χ3v) is 6.87. The molecule has 1 N–H and O–H groups in total. The van der Waals surface area contributed by atoms with Crippen molar-refractivity contribution < 1.29 is 17.5 Å². The third-order valence-electron chi connectivity index (χ3n) is 4.84. The predicted octanol–water partition coefficient (Wildman–Crippen LogP) is 5.48. The molecular weight excluding hydrogens is 439 g/mol. The maximum Gasteiger partial charge on any atom is 0.210 e. The van der Waals surface area contributed by atoms with E-state index in [4.69, 9.17) is 16.3 Å². The monoisotopic (exact) mass is 456 g/mol. The largest absolute Gasteiger partial charge is 0.497 e. The van der Waals surface area contributed by atoms with Crippen LogP contribution in [0.15, 0.2) is 82.7 Å². The molecule has 0 saturated heterocycles. The second-order valence-electron chi connectivity index (χ2n) is 6.82. The normalized spacial score (nSPS) is 11.5. The minimum Gasteiger partial charge on any atom is -0.497 e. The molecule has 0 aliphatic rings. The zero-order chi connectivity index (χ0) is 22.0. The number of fused-ring (bicyclic) bond motifs is 1. The van der Waals surface area contributed by atoms with Crippen LogP contribution in [0.1, 0.15) is 5.56 Å². The van der Waals surface area contributed by atoms with Crippen molar-refractivity contribution in [3.05, 3.63) is 89.3 Å². The van der Waals surface area contributed by atoms with E-state index in [1.807, 2.05) is 24.3 Å². The van der Waals surface area contributed by atoms with Crippen molar-refractivity contribution in [2.75, 3.05) is 12.4 Å². The molecule has 0 bridgehead atoms. The Hall–Kier alpha value is -3.16. The lowest BCUT2D eigenvalue weighted by molar-refractivity contribution is 0.414. The summed E-state index contributed by atoms with van der Waals surface area (Å²) in [5.74, 6) is 0.231. The lowest BCUT2D eigenvalue weighted by Gasteiger charge is -2.16. The summed E-state index contributed by atoms with van der Waals surface area (Å²) in [5, 5.41) is 3.98. The summed E-state index contributed by atoms with van der Waals surface area (Å²) in [5.41, 5.74) is 1.67. The molecule has 1 aromatic heterocycles. The summed E-state index contributed by atoms with van der Waals surface area (Å²) in [6.45, 7) is 0.322. The Labute approximate surface area is 184 Å². The van der Waals surface area contributed by atoms with Crippen LogP contribution in [-0.2, 0) is 16.4 Å². The van der Waals surface area contributed by atoms with E-state index in [9.17, 15) is 12.8 Å². The molecule has 1 heterocycles. The van der Waals surface area contributed by atoms with Crippen LogP contribution in [0.25, 0.3) is 10.9 Å². The lowest BCUT2D eigenvalue weighted by atomic mass is 10.1. The van der Waals surface area contributed by atoms with E-state index in [0.29, 0.717) is 28.2 Å². The van der Waals surface area contributed by atoms with Crippen LogP contribution in [0, 0.1) is 5.82 Å². The van der Waals surface area contributed by atoms with Crippen molar-refractivity contribution >= 4 is 38.0 Å². The van der Waals surface area contributed by atoms with Crippen molar-refractivity contribution in [3.8, 4) is 5.75 Å². The number of rotatable bonds is 6. The number of aromatic nitrogens is 1. The summed E-state index contributed by atoms with van der Waals surface area (Å²) in [6, 6.07) is 17.3. The first-order chi connectivity index (χ1) is 14.9. The number of hydrogen-bond acceptors (Lipinski definition) is 5. The zero-order valence-electron chi connectivity index (χ0n) is 16.5. The molecule has 31 heavy (non-hydrogen) atoms. The molecule has 3 aromatic carbocycles. The smallest absolute Gasteiger partial charge is 0.210 e. The van der Waals surface area contributed by atoms with Crippen molar-refractivity contribution in [3.63, 3.8) is 0 Å². The van der Waals surface area contributed by atoms with Crippen LogP contribution < -0.4 is 10.1 Å². The van der Waals surface area contributed by atoms with Gasteiger partial charge in [0.15, 0.2) is 0 Å². The highest BCUT2D eigenvalue weighted by Crippen LogP contribution is 2.34. The number of halogens is 2. The maximum absolute atomic E-state index is 14.0. The van der Waals surface area contributed by atoms with E-state index in [0.717, 1.165) is 5.56 Å². The standard InChI is InChI=1S/C23H18ClFN2O3S/c1-30-18-7-2-15(3-8-18)13-27-23-20-12-17(25)6-11-21(20)26-14-22(23)31(28,29)19-9-4-16(24)5-10-19/h2-12,14H,13H2,1H3,(H,26,27). The molecule has 5 nitrogen and oxygen atoms in total. The molecule has 0 aliphatic carbocycles. The van der Waals surface area contributed by atoms with Gasteiger partial charge in [0.1, 0.15) is 16.5 Å². The van der Waals surface area contributed by atoms with Crippen LogP contribution in [0.4, 0.5) is 10.1 Å². The van der Waals surface area contributed by atoms with Gasteiger partial charge in [-0.1, -0.05) is 23.7 Å². The van der Waals surface area contributed by atoms with Gasteiger partial charge in [0.05, 0.1) is 23.2 Å². The Bertz CT molecular complexity index is 1340. The van der Waals surface area contributed by atoms with Gasteiger partial charge in [0.25, 0.3) is 0 Å². The third kappa shape index (κ3) is 4.33. The number of anilines is 1. The predicted molar refractivity (Wildman–Crippen MR) is 119 cm³/mol. The molecule has 158 valence electrons. The molecule has 4 rings (SSSR count). The number of benzene rings is 3. The van der Waals surface area contributed by atoms with Gasteiger partial charge in [0, 0.05) is 23.2 Å². The molecule has 0 amide bonds. The number of nitrogens with zero attached hydrogens (tertiary/aromatic N) is 1. The quantitative estimate of drug-likeness (QED) is 0.416. The summed E-state index contributed by atoms with van der Waals surface area (Å²) in [4.78, 5) is 4.27. The fourth-order valence-electron chi connectivity index (χ4n) is 3.21. The van der Waals surface area contributed by atoms with Gasteiger partial charge < -0.3 is 10.1 Å². The van der Waals surface area contributed by atoms with Gasteiger partial charge in [-0.15, -0.1) is 0 Å². The van der Waals surface area contributed by atoms with Crippen LogP contribution in [0.5, 0.6) is 5.75 Å². The Balaban J connectivity index is 1.82. The molecule has 0 fully saturated rings. The molecule has 4 aromatic rings. The molecule has 0 atom stereocenters. The van der Waals surface area contributed by atoms with E-state index in [2.05, 4.69) is 10.3 Å². The fraction of sp³-hybridized carbons (Fsp3) is 0.0870. The summed E-state index contributed by atoms with van der Waals surface area (Å²) in [7, 11) is -2.35. The Kier molecular flexibility index (Phi) is 5.80. The highest BCUT2D eigenvalue weighted by atomic mass is 35.5. The molecule has 0 saturated carbocycles. The van der Waals surface area contributed by atoms with Gasteiger partial charge in [-0.05, 0) is 60.2 Å².